The second-order valence-electron chi connectivity index (χ2n) is 6.10. The molecule has 0 aliphatic heterocycles. The Morgan fingerprint density at radius 1 is 1.04 bits per heavy atom. The molecule has 138 valence electrons. The van der Waals surface area contributed by atoms with Crippen LogP contribution in [0.4, 0.5) is 0 Å². The molecule has 2 N–H and O–H groups in total. The molecule has 1 amide bonds. The topological polar surface area (TPSA) is 101 Å². The molecule has 0 atom stereocenters. The molecule has 7 heteroatoms. The van der Waals surface area contributed by atoms with Gasteiger partial charge in [0.25, 0.3) is 5.91 Å². The van der Waals surface area contributed by atoms with Crippen LogP contribution in [0.2, 0.25) is 0 Å². The zero-order valence-electron chi connectivity index (χ0n) is 14.6. The monoisotopic (exact) mass is 375 g/mol. The van der Waals surface area contributed by atoms with E-state index in [1.54, 1.807) is 38.1 Å². The first-order chi connectivity index (χ1) is 12.2. The molecule has 0 radical (unpaired) electrons. The first-order valence-electron chi connectivity index (χ1n) is 8.17. The second-order valence-corrected chi connectivity index (χ2v) is 8.57. The number of amides is 1. The van der Waals surface area contributed by atoms with Crippen molar-refractivity contribution in [2.75, 3.05) is 6.54 Å². The smallest absolute Gasteiger partial charge is 0.335 e. The lowest BCUT2D eigenvalue weighted by Gasteiger charge is -2.13. The number of carbonyl (C=O) groups excluding carboxylic acids is 1. The number of carboxylic acids is 1. The molecule has 0 unspecified atom stereocenters. The molecule has 2 aromatic carbocycles. The lowest BCUT2D eigenvalue weighted by atomic mass is 10.1. The Bertz CT molecular complexity index is 902. The van der Waals surface area contributed by atoms with Crippen LogP contribution >= 0.6 is 0 Å². The fourth-order valence-corrected chi connectivity index (χ4v) is 3.63. The number of carboxylic acid groups (broad SMARTS) is 1. The van der Waals surface area contributed by atoms with Gasteiger partial charge in [-0.05, 0) is 50.1 Å². The first-order valence-corrected chi connectivity index (χ1v) is 9.71. The number of hydrogen-bond acceptors (Lipinski definition) is 4. The van der Waals surface area contributed by atoms with Crippen molar-refractivity contribution in [2.45, 2.75) is 30.4 Å². The van der Waals surface area contributed by atoms with Gasteiger partial charge in [-0.25, -0.2) is 13.2 Å². The normalized spacial score (nSPS) is 11.3. The molecule has 6 nitrogen and oxygen atoms in total. The number of carbonyl (C=O) groups is 2. The molecule has 2 aromatic rings. The molecular weight excluding hydrogens is 354 g/mol. The second kappa shape index (κ2) is 8.14. The van der Waals surface area contributed by atoms with E-state index in [0.29, 0.717) is 13.0 Å². The van der Waals surface area contributed by atoms with Gasteiger partial charge in [0.1, 0.15) is 0 Å². The van der Waals surface area contributed by atoms with Gasteiger partial charge in [-0.2, -0.15) is 0 Å². The van der Waals surface area contributed by atoms with Gasteiger partial charge in [-0.3, -0.25) is 4.79 Å². The Hall–Kier alpha value is -2.67. The predicted octanol–water partition coefficient (Wildman–Crippen LogP) is 2.54. The number of aromatic carboxylic acids is 1. The van der Waals surface area contributed by atoms with E-state index < -0.39 is 27.0 Å². The molecule has 0 aliphatic rings. The van der Waals surface area contributed by atoms with E-state index in [9.17, 15) is 18.0 Å². The minimum absolute atomic E-state index is 0.0262. The zero-order valence-corrected chi connectivity index (χ0v) is 15.4. The van der Waals surface area contributed by atoms with Crippen LogP contribution < -0.4 is 5.32 Å². The van der Waals surface area contributed by atoms with Gasteiger partial charge in [-0.1, -0.05) is 24.3 Å². The van der Waals surface area contributed by atoms with Crippen molar-refractivity contribution in [3.63, 3.8) is 0 Å². The van der Waals surface area contributed by atoms with Gasteiger partial charge in [0, 0.05) is 6.54 Å². The fourth-order valence-electron chi connectivity index (χ4n) is 2.39. The molecular formula is C19H21NO5S. The van der Waals surface area contributed by atoms with E-state index in [1.165, 1.54) is 24.3 Å². The first kappa shape index (κ1) is 19.7. The standard InChI is InChI=1S/C19H21NO5S/c1-13(2)26(24,25)17-6-4-3-5-16(17)18(21)20-12-11-14-7-9-15(10-8-14)19(22)23/h3-10,13H,11-12H2,1-2H3,(H,20,21)(H,22,23). The summed E-state index contributed by atoms with van der Waals surface area (Å²) in [6, 6.07) is 12.5. The summed E-state index contributed by atoms with van der Waals surface area (Å²) >= 11 is 0. The molecule has 0 spiro atoms. The number of benzene rings is 2. The van der Waals surface area contributed by atoms with Crippen molar-refractivity contribution in [1.82, 2.24) is 5.32 Å². The van der Waals surface area contributed by atoms with Crippen LogP contribution in [0.25, 0.3) is 0 Å². The van der Waals surface area contributed by atoms with Crippen molar-refractivity contribution in [3.8, 4) is 0 Å². The molecule has 2 rings (SSSR count). The summed E-state index contributed by atoms with van der Waals surface area (Å²) in [4.78, 5) is 23.3. The van der Waals surface area contributed by atoms with Crippen LogP contribution in [-0.4, -0.2) is 37.2 Å². The van der Waals surface area contributed by atoms with Gasteiger partial charge in [0.05, 0.1) is 21.3 Å². The molecule has 0 saturated carbocycles. The Balaban J connectivity index is 2.06. The number of rotatable bonds is 7. The van der Waals surface area contributed by atoms with Crippen molar-refractivity contribution < 1.29 is 23.1 Å². The molecule has 0 saturated heterocycles. The number of hydrogen-bond donors (Lipinski definition) is 2. The highest BCUT2D eigenvalue weighted by molar-refractivity contribution is 7.92. The lowest BCUT2D eigenvalue weighted by molar-refractivity contribution is 0.0696. The minimum atomic E-state index is -3.56. The third-order valence-electron chi connectivity index (χ3n) is 3.96. The van der Waals surface area contributed by atoms with Gasteiger partial charge in [0.15, 0.2) is 9.84 Å². The van der Waals surface area contributed by atoms with Crippen LogP contribution in [0.15, 0.2) is 53.4 Å². The van der Waals surface area contributed by atoms with Crippen molar-refractivity contribution in [2.24, 2.45) is 0 Å². The van der Waals surface area contributed by atoms with Crippen LogP contribution in [0, 0.1) is 0 Å². The fraction of sp³-hybridized carbons (Fsp3) is 0.263. The molecule has 0 heterocycles. The van der Waals surface area contributed by atoms with E-state index in [2.05, 4.69) is 5.32 Å². The van der Waals surface area contributed by atoms with Crippen LogP contribution in [0.1, 0.15) is 40.1 Å². The van der Waals surface area contributed by atoms with E-state index in [-0.39, 0.29) is 16.0 Å². The van der Waals surface area contributed by atoms with E-state index in [4.69, 9.17) is 5.11 Å². The largest absolute Gasteiger partial charge is 0.478 e. The summed E-state index contributed by atoms with van der Waals surface area (Å²) in [5, 5.41) is 11.0. The average Bonchev–Trinajstić information content (AvgIpc) is 2.62. The van der Waals surface area contributed by atoms with Gasteiger partial charge in [-0.15, -0.1) is 0 Å². The summed E-state index contributed by atoms with van der Waals surface area (Å²) in [6.07, 6.45) is 0.505. The Labute approximate surface area is 152 Å². The molecule has 26 heavy (non-hydrogen) atoms. The quantitative estimate of drug-likeness (QED) is 0.774. The van der Waals surface area contributed by atoms with Crippen molar-refractivity contribution >= 4 is 21.7 Å². The Morgan fingerprint density at radius 2 is 1.65 bits per heavy atom. The van der Waals surface area contributed by atoms with Crippen LogP contribution in [0.5, 0.6) is 0 Å². The average molecular weight is 375 g/mol. The maximum absolute atomic E-state index is 12.4. The summed E-state index contributed by atoms with van der Waals surface area (Å²) in [7, 11) is -3.56. The van der Waals surface area contributed by atoms with Crippen LogP contribution in [0.3, 0.4) is 0 Å². The summed E-state index contributed by atoms with van der Waals surface area (Å²) in [5.41, 5.74) is 1.20. The van der Waals surface area contributed by atoms with Gasteiger partial charge in [0.2, 0.25) is 0 Å². The SMILES string of the molecule is CC(C)S(=O)(=O)c1ccccc1C(=O)NCCc1ccc(C(=O)O)cc1. The molecule has 0 aliphatic carbocycles. The van der Waals surface area contributed by atoms with E-state index in [1.807, 2.05) is 0 Å². The highest BCUT2D eigenvalue weighted by Crippen LogP contribution is 2.20. The number of nitrogens with one attached hydrogen (secondary N) is 1. The van der Waals surface area contributed by atoms with E-state index in [0.717, 1.165) is 5.56 Å². The summed E-state index contributed by atoms with van der Waals surface area (Å²) < 4.78 is 24.8. The van der Waals surface area contributed by atoms with Gasteiger partial charge >= 0.3 is 5.97 Å². The zero-order chi connectivity index (χ0) is 19.3. The van der Waals surface area contributed by atoms with E-state index >= 15 is 0 Å². The molecule has 0 aromatic heterocycles. The third kappa shape index (κ3) is 4.49. The van der Waals surface area contributed by atoms with Crippen LogP contribution in [-0.2, 0) is 16.3 Å². The number of sulfone groups is 1. The molecule has 0 bridgehead atoms. The maximum atomic E-state index is 12.4. The highest BCUT2D eigenvalue weighted by Gasteiger charge is 2.24. The highest BCUT2D eigenvalue weighted by atomic mass is 32.2. The predicted molar refractivity (Wildman–Crippen MR) is 98.2 cm³/mol. The Morgan fingerprint density at radius 3 is 2.23 bits per heavy atom. The minimum Gasteiger partial charge on any atom is -0.478 e. The maximum Gasteiger partial charge on any atom is 0.335 e. The van der Waals surface area contributed by atoms with Crippen molar-refractivity contribution in [3.05, 3.63) is 65.2 Å². The lowest BCUT2D eigenvalue weighted by Crippen LogP contribution is -2.28. The van der Waals surface area contributed by atoms with Gasteiger partial charge < -0.3 is 10.4 Å². The van der Waals surface area contributed by atoms with Crippen molar-refractivity contribution in [1.29, 1.82) is 0 Å². The Kier molecular flexibility index (Phi) is 6.15. The summed E-state index contributed by atoms with van der Waals surface area (Å²) in [6.45, 7) is 3.46. The summed E-state index contributed by atoms with van der Waals surface area (Å²) in [5.74, 6) is -1.44. The molecule has 0 fully saturated rings. The third-order valence-corrected chi connectivity index (χ3v) is 6.17.